The van der Waals surface area contributed by atoms with E-state index in [1.165, 1.54) is 0 Å². The van der Waals surface area contributed by atoms with Crippen molar-refractivity contribution in [2.75, 3.05) is 0 Å². The summed E-state index contributed by atoms with van der Waals surface area (Å²) >= 11 is 0. The second-order valence-electron chi connectivity index (χ2n) is 8.21. The van der Waals surface area contributed by atoms with E-state index in [2.05, 4.69) is 13.8 Å². The van der Waals surface area contributed by atoms with Crippen LogP contribution in [-0.2, 0) is 20.2 Å². The molecule has 2 unspecified atom stereocenters. The van der Waals surface area contributed by atoms with Crippen molar-refractivity contribution >= 4 is 69.1 Å². The van der Waals surface area contributed by atoms with Crippen LogP contribution in [0.1, 0.15) is 130 Å². The van der Waals surface area contributed by atoms with Crippen LogP contribution in [0.25, 0.3) is 0 Å². The zero-order chi connectivity index (χ0) is 23.5. The molecule has 0 amide bonds. The van der Waals surface area contributed by atoms with Gasteiger partial charge in [0.15, 0.2) is 0 Å². The molecule has 0 aliphatic carbocycles. The molecule has 0 fully saturated rings. The number of hydrogen-bond donors (Lipinski definition) is 0. The Kier molecular flexibility index (Phi) is 27.6. The Morgan fingerprint density at radius 1 is 0.484 bits per heavy atom. The van der Waals surface area contributed by atoms with Gasteiger partial charge in [-0.2, -0.15) is 0 Å². The first-order valence-corrected chi connectivity index (χ1v) is 14.9. The smallest absolute Gasteiger partial charge is 0.748 e. The van der Waals surface area contributed by atoms with Gasteiger partial charge in [0, 0.05) is 10.5 Å². The summed E-state index contributed by atoms with van der Waals surface area (Å²) in [5, 5.41) is -1.29. The topological polar surface area (TPSA) is 114 Å². The Morgan fingerprint density at radius 3 is 0.968 bits per heavy atom. The normalized spacial score (nSPS) is 13.6. The molecule has 0 spiro atoms. The zero-order valence-corrected chi connectivity index (χ0v) is 26.5. The molecule has 2 atom stereocenters. The first-order valence-electron chi connectivity index (χ1n) is 11.9. The van der Waals surface area contributed by atoms with Crippen LogP contribution < -0.4 is 0 Å². The summed E-state index contributed by atoms with van der Waals surface area (Å²) in [6.45, 7) is 8.23. The molecule has 0 aliphatic rings. The van der Waals surface area contributed by atoms with Crippen molar-refractivity contribution in [1.29, 1.82) is 0 Å². The summed E-state index contributed by atoms with van der Waals surface area (Å²) in [5.41, 5.74) is 0. The fourth-order valence-electron chi connectivity index (χ4n) is 3.33. The molecule has 0 aliphatic heterocycles. The molecule has 0 aromatic heterocycles. The SMILES string of the molecule is CCCCCCC(CCCC)S(=O)(=O)[O-].CCCCCCC(CCCC)S(=O)(=O)[O-].[Ba+2]. The summed E-state index contributed by atoms with van der Waals surface area (Å²) in [5.74, 6) is 0. The second kappa shape index (κ2) is 23.1. The molecule has 184 valence electrons. The van der Waals surface area contributed by atoms with Crippen molar-refractivity contribution in [3.05, 3.63) is 0 Å². The zero-order valence-electron chi connectivity index (χ0n) is 20.4. The molecule has 0 saturated heterocycles. The summed E-state index contributed by atoms with van der Waals surface area (Å²) in [6.07, 6.45) is 14.0. The number of hydrogen-bond acceptors (Lipinski definition) is 6. The average molecular weight is 608 g/mol. The van der Waals surface area contributed by atoms with E-state index >= 15 is 0 Å². The monoisotopic (exact) mass is 608 g/mol. The molecular weight excluding hydrogens is 562 g/mol. The molecule has 31 heavy (non-hydrogen) atoms. The van der Waals surface area contributed by atoms with Crippen LogP contribution >= 0.6 is 0 Å². The molecule has 0 rings (SSSR count). The van der Waals surface area contributed by atoms with Crippen LogP contribution in [0.5, 0.6) is 0 Å². The molecule has 0 aromatic carbocycles. The van der Waals surface area contributed by atoms with Crippen LogP contribution in [0.3, 0.4) is 0 Å². The van der Waals surface area contributed by atoms with Gasteiger partial charge in [0.25, 0.3) is 0 Å². The van der Waals surface area contributed by atoms with E-state index in [0.29, 0.717) is 25.7 Å². The van der Waals surface area contributed by atoms with Gasteiger partial charge in [-0.25, -0.2) is 16.8 Å². The summed E-state index contributed by atoms with van der Waals surface area (Å²) in [7, 11) is -8.15. The molecule has 0 N–H and O–H groups in total. The third kappa shape index (κ3) is 24.3. The number of rotatable bonds is 18. The van der Waals surface area contributed by atoms with E-state index in [1.54, 1.807) is 0 Å². The van der Waals surface area contributed by atoms with E-state index < -0.39 is 30.7 Å². The van der Waals surface area contributed by atoms with Gasteiger partial charge in [-0.3, -0.25) is 0 Å². The van der Waals surface area contributed by atoms with E-state index in [-0.39, 0.29) is 48.9 Å². The van der Waals surface area contributed by atoms with Crippen LogP contribution in [0.15, 0.2) is 0 Å². The van der Waals surface area contributed by atoms with Crippen LogP contribution in [0.2, 0.25) is 0 Å². The first-order chi connectivity index (χ1) is 14.0. The van der Waals surface area contributed by atoms with Gasteiger partial charge in [-0.15, -0.1) is 0 Å². The maximum absolute atomic E-state index is 10.9. The van der Waals surface area contributed by atoms with Crippen molar-refractivity contribution in [3.8, 4) is 0 Å². The quantitative estimate of drug-likeness (QED) is 0.111. The minimum atomic E-state index is -4.07. The van der Waals surface area contributed by atoms with E-state index in [0.717, 1.165) is 77.0 Å². The van der Waals surface area contributed by atoms with Crippen LogP contribution in [0.4, 0.5) is 0 Å². The van der Waals surface area contributed by atoms with Gasteiger partial charge in [0.05, 0.1) is 20.2 Å². The van der Waals surface area contributed by atoms with Gasteiger partial charge < -0.3 is 9.11 Å². The van der Waals surface area contributed by atoms with Gasteiger partial charge in [0.2, 0.25) is 0 Å². The molecule has 0 heterocycles. The Labute approximate surface area is 233 Å². The Balaban J connectivity index is -0.000000490. The molecular formula is C22H46BaO6S2. The molecule has 0 bridgehead atoms. The predicted octanol–water partition coefficient (Wildman–Crippen LogP) is 5.74. The molecule has 9 heteroatoms. The van der Waals surface area contributed by atoms with Crippen LogP contribution in [-0.4, -0.2) is 85.3 Å². The van der Waals surface area contributed by atoms with Crippen molar-refractivity contribution in [1.82, 2.24) is 0 Å². The predicted molar refractivity (Wildman–Crippen MR) is 129 cm³/mol. The van der Waals surface area contributed by atoms with Crippen molar-refractivity contribution in [3.63, 3.8) is 0 Å². The second-order valence-corrected chi connectivity index (χ2v) is 11.5. The maximum Gasteiger partial charge on any atom is 2.00 e. The molecule has 0 aromatic rings. The minimum Gasteiger partial charge on any atom is -0.748 e. The van der Waals surface area contributed by atoms with E-state index in [1.807, 2.05) is 13.8 Å². The van der Waals surface area contributed by atoms with Gasteiger partial charge in [-0.05, 0) is 25.7 Å². The van der Waals surface area contributed by atoms with Crippen molar-refractivity contribution in [2.24, 2.45) is 0 Å². The molecule has 6 nitrogen and oxygen atoms in total. The fraction of sp³-hybridized carbons (Fsp3) is 1.00. The van der Waals surface area contributed by atoms with Gasteiger partial charge in [-0.1, -0.05) is 105 Å². The fourth-order valence-corrected chi connectivity index (χ4v) is 5.15. The Bertz CT molecular complexity index is 527. The number of unbranched alkanes of at least 4 members (excludes halogenated alkanes) is 8. The van der Waals surface area contributed by atoms with Gasteiger partial charge >= 0.3 is 48.9 Å². The third-order valence-corrected chi connectivity index (χ3v) is 7.91. The summed E-state index contributed by atoms with van der Waals surface area (Å²) in [4.78, 5) is 0. The molecule has 0 saturated carbocycles. The van der Waals surface area contributed by atoms with Crippen LogP contribution in [0, 0.1) is 0 Å². The average Bonchev–Trinajstić information content (AvgIpc) is 2.65. The minimum absolute atomic E-state index is 0. The Hall–Kier alpha value is 1.39. The molecule has 0 radical (unpaired) electrons. The summed E-state index contributed by atoms with van der Waals surface area (Å²) in [6, 6.07) is 0. The van der Waals surface area contributed by atoms with Crippen molar-refractivity contribution < 1.29 is 25.9 Å². The van der Waals surface area contributed by atoms with Gasteiger partial charge in [0.1, 0.15) is 0 Å². The van der Waals surface area contributed by atoms with Crippen molar-refractivity contribution in [2.45, 2.75) is 141 Å². The standard InChI is InChI=1S/2C11H24O3S.Ba/c2*1-3-5-7-8-10-11(9-6-4-2)15(12,13)14;/h2*11H,3-10H2,1-2H3,(H,12,13,14);/q;;+2/p-2. The largest absolute Gasteiger partial charge is 2.00 e. The summed E-state index contributed by atoms with van der Waals surface area (Å²) < 4.78 is 65.7. The van der Waals surface area contributed by atoms with E-state index in [4.69, 9.17) is 0 Å². The Morgan fingerprint density at radius 2 is 0.742 bits per heavy atom. The third-order valence-electron chi connectivity index (χ3n) is 5.34. The maximum atomic E-state index is 10.9. The first kappa shape index (κ1) is 36.9. The van der Waals surface area contributed by atoms with E-state index in [9.17, 15) is 25.9 Å².